The van der Waals surface area contributed by atoms with Gasteiger partial charge < -0.3 is 9.84 Å². The van der Waals surface area contributed by atoms with Crippen molar-refractivity contribution in [3.8, 4) is 10.7 Å². The molecule has 2 unspecified atom stereocenters. The number of hydrogen-bond acceptors (Lipinski definition) is 5. The molecule has 0 aliphatic carbocycles. The molecule has 0 spiro atoms. The highest BCUT2D eigenvalue weighted by atomic mass is 79.9. The van der Waals surface area contributed by atoms with Crippen LogP contribution >= 0.6 is 27.3 Å². The summed E-state index contributed by atoms with van der Waals surface area (Å²) in [5.74, 6) is 1.66. The molecule has 0 radical (unpaired) electrons. The summed E-state index contributed by atoms with van der Waals surface area (Å²) in [6, 6.07) is 4.34. The fraction of sp³-hybridized carbons (Fsp3) is 0.571. The van der Waals surface area contributed by atoms with E-state index in [1.807, 2.05) is 12.1 Å². The molecule has 6 heteroatoms. The Morgan fingerprint density at radius 2 is 2.20 bits per heavy atom. The highest BCUT2D eigenvalue weighted by Crippen LogP contribution is 2.31. The monoisotopic (exact) mass is 357 g/mol. The van der Waals surface area contributed by atoms with Gasteiger partial charge in [0.15, 0.2) is 0 Å². The number of thiophene rings is 1. The molecule has 0 bridgehead atoms. The van der Waals surface area contributed by atoms with Gasteiger partial charge in [-0.2, -0.15) is 4.98 Å². The van der Waals surface area contributed by atoms with Crippen LogP contribution in [0.1, 0.15) is 45.4 Å². The van der Waals surface area contributed by atoms with Gasteiger partial charge in [-0.25, -0.2) is 0 Å². The Labute approximate surface area is 132 Å². The molecule has 2 heterocycles. The van der Waals surface area contributed by atoms with E-state index in [0.29, 0.717) is 11.9 Å². The van der Waals surface area contributed by atoms with Gasteiger partial charge in [0.1, 0.15) is 0 Å². The first kappa shape index (κ1) is 15.7. The fourth-order valence-corrected chi connectivity index (χ4v) is 3.49. The molecular weight excluding hydrogens is 338 g/mol. The van der Waals surface area contributed by atoms with Crippen LogP contribution in [0.5, 0.6) is 0 Å². The topological polar surface area (TPSA) is 51.0 Å². The maximum Gasteiger partial charge on any atom is 0.231 e. The largest absolute Gasteiger partial charge is 0.339 e. The van der Waals surface area contributed by atoms with Crippen molar-refractivity contribution in [1.82, 2.24) is 15.5 Å². The molecule has 0 aliphatic rings. The molecule has 0 amide bonds. The van der Waals surface area contributed by atoms with E-state index in [4.69, 9.17) is 4.52 Å². The van der Waals surface area contributed by atoms with Crippen molar-refractivity contribution in [2.75, 3.05) is 6.54 Å². The first-order valence-corrected chi connectivity index (χ1v) is 8.59. The summed E-state index contributed by atoms with van der Waals surface area (Å²) in [5.41, 5.74) is 0. The van der Waals surface area contributed by atoms with Gasteiger partial charge in [0, 0.05) is 6.04 Å². The van der Waals surface area contributed by atoms with E-state index < -0.39 is 0 Å². The SMILES string of the molecule is CCCNC(C)C(CC)c1nc(-c2ccc(Br)s2)no1. The van der Waals surface area contributed by atoms with Crippen molar-refractivity contribution >= 4 is 27.3 Å². The number of aromatic nitrogens is 2. The van der Waals surface area contributed by atoms with Gasteiger partial charge in [-0.3, -0.25) is 0 Å². The predicted molar refractivity (Wildman–Crippen MR) is 86.1 cm³/mol. The van der Waals surface area contributed by atoms with E-state index in [-0.39, 0.29) is 5.92 Å². The Hall–Kier alpha value is -0.720. The summed E-state index contributed by atoms with van der Waals surface area (Å²) < 4.78 is 6.55. The average molecular weight is 358 g/mol. The minimum atomic E-state index is 0.256. The first-order chi connectivity index (χ1) is 9.65. The lowest BCUT2D eigenvalue weighted by Gasteiger charge is -2.20. The van der Waals surface area contributed by atoms with Gasteiger partial charge in [0.2, 0.25) is 11.7 Å². The van der Waals surface area contributed by atoms with E-state index in [0.717, 1.165) is 33.9 Å². The summed E-state index contributed by atoms with van der Waals surface area (Å²) in [5, 5.41) is 7.61. The molecule has 2 aromatic rings. The zero-order chi connectivity index (χ0) is 14.5. The second-order valence-corrected chi connectivity index (χ2v) is 7.28. The Kier molecular flexibility index (Phi) is 5.74. The van der Waals surface area contributed by atoms with Gasteiger partial charge in [0.25, 0.3) is 0 Å². The van der Waals surface area contributed by atoms with Gasteiger partial charge in [-0.05, 0) is 54.4 Å². The molecule has 2 aromatic heterocycles. The molecule has 0 fully saturated rings. The van der Waals surface area contributed by atoms with E-state index in [1.54, 1.807) is 11.3 Å². The van der Waals surface area contributed by atoms with Crippen LogP contribution in [0, 0.1) is 0 Å². The maximum absolute atomic E-state index is 5.47. The molecule has 0 aromatic carbocycles. The van der Waals surface area contributed by atoms with Crippen LogP contribution in [-0.2, 0) is 0 Å². The molecular formula is C14H20BrN3OS. The minimum absolute atomic E-state index is 0.256. The lowest BCUT2D eigenvalue weighted by Crippen LogP contribution is -2.32. The Morgan fingerprint density at radius 1 is 1.40 bits per heavy atom. The van der Waals surface area contributed by atoms with Crippen molar-refractivity contribution in [3.63, 3.8) is 0 Å². The van der Waals surface area contributed by atoms with Gasteiger partial charge in [0.05, 0.1) is 14.6 Å². The van der Waals surface area contributed by atoms with Gasteiger partial charge in [-0.15, -0.1) is 11.3 Å². The third-order valence-electron chi connectivity index (χ3n) is 3.31. The zero-order valence-electron chi connectivity index (χ0n) is 12.0. The van der Waals surface area contributed by atoms with Crippen molar-refractivity contribution < 1.29 is 4.52 Å². The van der Waals surface area contributed by atoms with Gasteiger partial charge >= 0.3 is 0 Å². The van der Waals surface area contributed by atoms with Crippen molar-refractivity contribution in [3.05, 3.63) is 21.8 Å². The van der Waals surface area contributed by atoms with Crippen molar-refractivity contribution in [2.45, 2.75) is 45.6 Å². The number of nitrogens with zero attached hydrogens (tertiary/aromatic N) is 2. The van der Waals surface area contributed by atoms with Gasteiger partial charge in [-0.1, -0.05) is 19.0 Å². The fourth-order valence-electron chi connectivity index (χ4n) is 2.18. The molecule has 2 rings (SSSR count). The molecule has 4 nitrogen and oxygen atoms in total. The molecule has 0 aliphatic heterocycles. The van der Waals surface area contributed by atoms with Crippen LogP contribution in [0.25, 0.3) is 10.7 Å². The van der Waals surface area contributed by atoms with E-state index >= 15 is 0 Å². The second-order valence-electron chi connectivity index (χ2n) is 4.82. The third kappa shape index (κ3) is 3.68. The summed E-state index contributed by atoms with van der Waals surface area (Å²) >= 11 is 5.06. The molecule has 2 atom stereocenters. The average Bonchev–Trinajstić information content (AvgIpc) is 3.06. The lowest BCUT2D eigenvalue weighted by atomic mass is 9.98. The highest BCUT2D eigenvalue weighted by Gasteiger charge is 2.23. The summed E-state index contributed by atoms with van der Waals surface area (Å²) in [6.45, 7) is 7.51. The molecule has 20 heavy (non-hydrogen) atoms. The quantitative estimate of drug-likeness (QED) is 0.795. The van der Waals surface area contributed by atoms with Crippen LogP contribution in [0.4, 0.5) is 0 Å². The second kappa shape index (κ2) is 7.33. The number of nitrogens with one attached hydrogen (secondary N) is 1. The van der Waals surface area contributed by atoms with Crippen LogP contribution in [0.15, 0.2) is 20.4 Å². The number of rotatable bonds is 7. The summed E-state index contributed by atoms with van der Waals surface area (Å²) in [4.78, 5) is 5.59. The van der Waals surface area contributed by atoms with E-state index in [1.165, 1.54) is 0 Å². The van der Waals surface area contributed by atoms with Crippen LogP contribution in [0.2, 0.25) is 0 Å². The van der Waals surface area contributed by atoms with E-state index in [2.05, 4.69) is 52.2 Å². The minimum Gasteiger partial charge on any atom is -0.339 e. The Bertz CT molecular complexity index is 540. The number of halogens is 1. The molecule has 110 valence electrons. The smallest absolute Gasteiger partial charge is 0.231 e. The zero-order valence-corrected chi connectivity index (χ0v) is 14.4. The highest BCUT2D eigenvalue weighted by molar-refractivity contribution is 9.11. The van der Waals surface area contributed by atoms with Crippen LogP contribution in [-0.4, -0.2) is 22.7 Å². The molecule has 1 N–H and O–H groups in total. The summed E-state index contributed by atoms with van der Waals surface area (Å²) in [6.07, 6.45) is 2.10. The normalized spacial score (nSPS) is 14.4. The van der Waals surface area contributed by atoms with Crippen molar-refractivity contribution in [2.24, 2.45) is 0 Å². The van der Waals surface area contributed by atoms with Crippen LogP contribution in [0.3, 0.4) is 0 Å². The lowest BCUT2D eigenvalue weighted by molar-refractivity contribution is 0.316. The third-order valence-corrected chi connectivity index (χ3v) is 4.93. The number of hydrogen-bond donors (Lipinski definition) is 1. The van der Waals surface area contributed by atoms with E-state index in [9.17, 15) is 0 Å². The maximum atomic E-state index is 5.47. The van der Waals surface area contributed by atoms with Crippen molar-refractivity contribution in [1.29, 1.82) is 0 Å². The first-order valence-electron chi connectivity index (χ1n) is 6.98. The van der Waals surface area contributed by atoms with Crippen LogP contribution < -0.4 is 5.32 Å². The molecule has 0 saturated heterocycles. The summed E-state index contributed by atoms with van der Waals surface area (Å²) in [7, 11) is 0. The Morgan fingerprint density at radius 3 is 2.80 bits per heavy atom. The predicted octanol–water partition coefficient (Wildman–Crippen LogP) is 4.44. The standard InChI is InChI=1S/C14H20BrN3OS/c1-4-8-16-9(3)10(5-2)14-17-13(18-19-14)11-6-7-12(15)20-11/h6-7,9-10,16H,4-5,8H2,1-3H3. The Balaban J connectivity index is 2.13. The molecule has 0 saturated carbocycles.